The van der Waals surface area contributed by atoms with Crippen LogP contribution in [0.3, 0.4) is 0 Å². The molecule has 0 saturated carbocycles. The van der Waals surface area contributed by atoms with E-state index in [4.69, 9.17) is 0 Å². The van der Waals surface area contributed by atoms with Crippen molar-refractivity contribution in [3.63, 3.8) is 0 Å². The number of amides is 2. The number of rotatable bonds is 1. The fourth-order valence-corrected chi connectivity index (χ4v) is 1.58. The molecule has 0 spiro atoms. The first kappa shape index (κ1) is 10.5. The highest BCUT2D eigenvalue weighted by Crippen LogP contribution is 2.23. The van der Waals surface area contributed by atoms with Gasteiger partial charge in [0.05, 0.1) is 12.6 Å². The molecule has 0 aromatic carbocycles. The van der Waals surface area contributed by atoms with Crippen LogP contribution in [-0.2, 0) is 9.59 Å². The van der Waals surface area contributed by atoms with Gasteiger partial charge in [-0.15, -0.1) is 0 Å². The number of hydrogen-bond donors (Lipinski definition) is 1. The third kappa shape index (κ3) is 1.84. The highest BCUT2D eigenvalue weighted by atomic mass is 19.1. The second kappa shape index (κ2) is 3.84. The van der Waals surface area contributed by atoms with Crippen molar-refractivity contribution in [2.75, 3.05) is 0 Å². The fraction of sp³-hybridized carbons (Fsp3) is 0.182. The summed E-state index contributed by atoms with van der Waals surface area (Å²) in [5.41, 5.74) is 1.47. The minimum atomic E-state index is -0.470. The summed E-state index contributed by atoms with van der Waals surface area (Å²) >= 11 is 0. The average molecular weight is 220 g/mol. The molecule has 0 aliphatic carbocycles. The van der Waals surface area contributed by atoms with Crippen molar-refractivity contribution in [3.05, 3.63) is 35.4 Å². The van der Waals surface area contributed by atoms with Gasteiger partial charge < -0.3 is 0 Å². The molecular weight excluding hydrogens is 211 g/mol. The first-order valence-electron chi connectivity index (χ1n) is 4.73. The first-order chi connectivity index (χ1) is 7.58. The minimum Gasteiger partial charge on any atom is -0.292 e. The van der Waals surface area contributed by atoms with E-state index in [9.17, 15) is 14.0 Å². The van der Waals surface area contributed by atoms with Gasteiger partial charge in [0.1, 0.15) is 5.82 Å². The first-order valence-corrected chi connectivity index (χ1v) is 4.73. The quantitative estimate of drug-likeness (QED) is 0.568. The molecule has 1 saturated heterocycles. The van der Waals surface area contributed by atoms with Crippen LogP contribution in [0, 0.1) is 5.82 Å². The van der Waals surface area contributed by atoms with Gasteiger partial charge in [-0.2, -0.15) is 0 Å². The summed E-state index contributed by atoms with van der Waals surface area (Å²) in [5.74, 6) is -1.21. The lowest BCUT2D eigenvalue weighted by Gasteiger charge is -2.03. The Labute approximate surface area is 91.2 Å². The molecule has 0 atom stereocenters. The van der Waals surface area contributed by atoms with E-state index in [1.54, 1.807) is 6.92 Å². The molecule has 5 heteroatoms. The molecule has 0 bridgehead atoms. The lowest BCUT2D eigenvalue weighted by atomic mass is 10.0. The smallest absolute Gasteiger partial charge is 0.254 e. The van der Waals surface area contributed by atoms with Crippen LogP contribution in [0.2, 0.25) is 0 Å². The predicted molar refractivity (Wildman–Crippen MR) is 54.6 cm³/mol. The van der Waals surface area contributed by atoms with Crippen LogP contribution < -0.4 is 5.32 Å². The molecule has 2 amide bonds. The van der Waals surface area contributed by atoms with Gasteiger partial charge in [0.15, 0.2) is 0 Å². The zero-order valence-electron chi connectivity index (χ0n) is 8.58. The Kier molecular flexibility index (Phi) is 2.52. The summed E-state index contributed by atoms with van der Waals surface area (Å²) in [6.45, 7) is 1.67. The SMILES string of the molecule is C/C(=C1/CC(=O)NC1=O)c1cncc(F)c1. The van der Waals surface area contributed by atoms with E-state index in [0.29, 0.717) is 16.7 Å². The van der Waals surface area contributed by atoms with Crippen molar-refractivity contribution < 1.29 is 14.0 Å². The number of imide groups is 1. The van der Waals surface area contributed by atoms with Crippen LogP contribution in [0.5, 0.6) is 0 Å². The summed E-state index contributed by atoms with van der Waals surface area (Å²) < 4.78 is 12.9. The van der Waals surface area contributed by atoms with Gasteiger partial charge in [-0.25, -0.2) is 4.39 Å². The van der Waals surface area contributed by atoms with E-state index in [-0.39, 0.29) is 12.3 Å². The Bertz CT molecular complexity index is 508. The fourth-order valence-electron chi connectivity index (χ4n) is 1.58. The van der Waals surface area contributed by atoms with E-state index >= 15 is 0 Å². The molecular formula is C11H9FN2O2. The third-order valence-corrected chi connectivity index (χ3v) is 2.45. The number of carbonyl (C=O) groups excluding carboxylic acids is 2. The standard InChI is InChI=1S/C11H9FN2O2/c1-6(7-2-8(12)5-13-4-7)9-3-10(15)14-11(9)16/h2,4-5H,3H2,1H3,(H,14,15,16)/b9-6+. The molecule has 4 nitrogen and oxygen atoms in total. The molecule has 1 aromatic rings. The molecule has 2 rings (SSSR count). The van der Waals surface area contributed by atoms with Crippen LogP contribution in [0.15, 0.2) is 24.0 Å². The third-order valence-electron chi connectivity index (χ3n) is 2.45. The number of halogens is 1. The van der Waals surface area contributed by atoms with Gasteiger partial charge >= 0.3 is 0 Å². The van der Waals surface area contributed by atoms with Crippen molar-refractivity contribution in [2.24, 2.45) is 0 Å². The summed E-state index contributed by atoms with van der Waals surface area (Å²) in [4.78, 5) is 26.1. The van der Waals surface area contributed by atoms with E-state index in [1.165, 1.54) is 12.3 Å². The number of nitrogens with zero attached hydrogens (tertiary/aromatic N) is 1. The average Bonchev–Trinajstić information content (AvgIpc) is 2.57. The van der Waals surface area contributed by atoms with Gasteiger partial charge in [0, 0.05) is 11.8 Å². The molecule has 1 aromatic heterocycles. The van der Waals surface area contributed by atoms with E-state index in [1.807, 2.05) is 0 Å². The van der Waals surface area contributed by atoms with Crippen molar-refractivity contribution in [3.8, 4) is 0 Å². The monoisotopic (exact) mass is 220 g/mol. The van der Waals surface area contributed by atoms with Crippen molar-refractivity contribution in [1.29, 1.82) is 0 Å². The number of aromatic nitrogens is 1. The maximum Gasteiger partial charge on any atom is 0.254 e. The Morgan fingerprint density at radius 1 is 1.44 bits per heavy atom. The van der Waals surface area contributed by atoms with Crippen LogP contribution in [0.4, 0.5) is 4.39 Å². The van der Waals surface area contributed by atoms with E-state index in [2.05, 4.69) is 10.3 Å². The van der Waals surface area contributed by atoms with Gasteiger partial charge in [0.2, 0.25) is 5.91 Å². The minimum absolute atomic E-state index is 0.0428. The van der Waals surface area contributed by atoms with Crippen molar-refractivity contribution >= 4 is 17.4 Å². The zero-order chi connectivity index (χ0) is 11.7. The molecule has 2 heterocycles. The zero-order valence-corrected chi connectivity index (χ0v) is 8.58. The highest BCUT2D eigenvalue weighted by molar-refractivity contribution is 6.17. The molecule has 1 N–H and O–H groups in total. The molecule has 82 valence electrons. The Hall–Kier alpha value is -2.04. The lowest BCUT2D eigenvalue weighted by molar-refractivity contribution is -0.124. The van der Waals surface area contributed by atoms with Gasteiger partial charge in [0.25, 0.3) is 5.91 Å². The Morgan fingerprint density at radius 3 is 2.75 bits per heavy atom. The highest BCUT2D eigenvalue weighted by Gasteiger charge is 2.26. The number of hydrogen-bond acceptors (Lipinski definition) is 3. The molecule has 16 heavy (non-hydrogen) atoms. The molecule has 0 unspecified atom stereocenters. The van der Waals surface area contributed by atoms with Gasteiger partial charge in [-0.05, 0) is 24.1 Å². The van der Waals surface area contributed by atoms with E-state index in [0.717, 1.165) is 6.20 Å². The molecule has 1 fully saturated rings. The van der Waals surface area contributed by atoms with Gasteiger partial charge in [-0.1, -0.05) is 0 Å². The van der Waals surface area contributed by atoms with Gasteiger partial charge in [-0.3, -0.25) is 19.9 Å². The maximum atomic E-state index is 12.9. The van der Waals surface area contributed by atoms with Crippen molar-refractivity contribution in [2.45, 2.75) is 13.3 Å². The van der Waals surface area contributed by atoms with Crippen LogP contribution >= 0.6 is 0 Å². The Morgan fingerprint density at radius 2 is 2.19 bits per heavy atom. The van der Waals surface area contributed by atoms with E-state index < -0.39 is 11.7 Å². The van der Waals surface area contributed by atoms with Crippen molar-refractivity contribution in [1.82, 2.24) is 10.3 Å². The normalized spacial score (nSPS) is 18.6. The summed E-state index contributed by atoms with van der Waals surface area (Å²) in [7, 11) is 0. The number of nitrogens with one attached hydrogen (secondary N) is 1. The second-order valence-corrected chi connectivity index (χ2v) is 3.55. The summed E-state index contributed by atoms with van der Waals surface area (Å²) in [6.07, 6.45) is 2.59. The second-order valence-electron chi connectivity index (χ2n) is 3.55. The molecule has 1 aliphatic rings. The molecule has 0 radical (unpaired) electrons. The Balaban J connectivity index is 2.45. The summed E-state index contributed by atoms with van der Waals surface area (Å²) in [6, 6.07) is 1.28. The number of carbonyl (C=O) groups is 2. The largest absolute Gasteiger partial charge is 0.292 e. The maximum absolute atomic E-state index is 12.9. The molecule has 1 aliphatic heterocycles. The predicted octanol–water partition coefficient (Wildman–Crippen LogP) is 1.04. The van der Waals surface area contributed by atoms with Crippen LogP contribution in [0.25, 0.3) is 5.57 Å². The number of allylic oxidation sites excluding steroid dienone is 1. The topological polar surface area (TPSA) is 59.1 Å². The van der Waals surface area contributed by atoms with Crippen LogP contribution in [0.1, 0.15) is 18.9 Å². The summed E-state index contributed by atoms with van der Waals surface area (Å²) in [5, 5.41) is 2.18. The number of pyridine rings is 1. The van der Waals surface area contributed by atoms with Crippen LogP contribution in [-0.4, -0.2) is 16.8 Å². The lowest BCUT2D eigenvalue weighted by Crippen LogP contribution is -2.19.